The van der Waals surface area contributed by atoms with Crippen molar-refractivity contribution in [2.45, 2.75) is 27.2 Å². The highest BCUT2D eigenvalue weighted by Crippen LogP contribution is 2.33. The maximum atomic E-state index is 11.6. The minimum absolute atomic E-state index is 0.176. The van der Waals surface area contributed by atoms with Crippen LogP contribution in [0.1, 0.15) is 31.2 Å². The Morgan fingerprint density at radius 1 is 1.16 bits per heavy atom. The molecule has 2 nitrogen and oxygen atoms in total. The smallest absolute Gasteiger partial charge is 0.163 e. The van der Waals surface area contributed by atoms with E-state index in [1.807, 2.05) is 18.2 Å². The predicted octanol–water partition coefficient (Wildman–Crippen LogP) is 4.03. The number of Topliss-reactive ketones (excluding diaryl/α,β-unsaturated/α-hetero) is 2. The molecule has 0 unspecified atom stereocenters. The van der Waals surface area contributed by atoms with Gasteiger partial charge in [0.1, 0.15) is 0 Å². The molecule has 1 aromatic heterocycles. The summed E-state index contributed by atoms with van der Waals surface area (Å²) in [6.07, 6.45) is 2.65. The van der Waals surface area contributed by atoms with E-state index in [0.717, 1.165) is 17.4 Å². The van der Waals surface area contributed by atoms with Gasteiger partial charge in [-0.1, -0.05) is 25.1 Å². The zero-order chi connectivity index (χ0) is 14.0. The normalized spacial score (nSPS) is 10.5. The molecule has 0 fully saturated rings. The molecule has 0 aliphatic rings. The fourth-order valence-corrected chi connectivity index (χ4v) is 3.26. The first-order valence-electron chi connectivity index (χ1n) is 6.28. The van der Waals surface area contributed by atoms with E-state index in [-0.39, 0.29) is 17.1 Å². The second kappa shape index (κ2) is 5.49. The van der Waals surface area contributed by atoms with Crippen LogP contribution < -0.4 is 0 Å². The Morgan fingerprint density at radius 2 is 1.79 bits per heavy atom. The fraction of sp³-hybridized carbons (Fsp3) is 0.250. The summed E-state index contributed by atoms with van der Waals surface area (Å²) in [4.78, 5) is 24.3. The van der Waals surface area contributed by atoms with Crippen molar-refractivity contribution in [3.05, 3.63) is 40.3 Å². The van der Waals surface area contributed by atoms with Gasteiger partial charge in [0.15, 0.2) is 11.6 Å². The minimum atomic E-state index is -0.176. The van der Waals surface area contributed by atoms with Crippen LogP contribution in [-0.2, 0) is 16.0 Å². The van der Waals surface area contributed by atoms with E-state index in [0.29, 0.717) is 0 Å². The van der Waals surface area contributed by atoms with Crippen LogP contribution in [0.25, 0.3) is 16.2 Å². The molecule has 0 N–H and O–H groups in total. The lowest BCUT2D eigenvalue weighted by molar-refractivity contribution is -0.119. The summed E-state index contributed by atoms with van der Waals surface area (Å²) in [5.74, 6) is -0.352. The van der Waals surface area contributed by atoms with Gasteiger partial charge >= 0.3 is 0 Å². The Bertz CT molecular complexity index is 661. The molecule has 0 amide bonds. The van der Waals surface area contributed by atoms with Crippen molar-refractivity contribution < 1.29 is 9.59 Å². The summed E-state index contributed by atoms with van der Waals surface area (Å²) in [6.45, 7) is 4.96. The summed E-state index contributed by atoms with van der Waals surface area (Å²) in [7, 11) is 0. The molecule has 0 saturated heterocycles. The number of carbonyl (C=O) groups is 2. The van der Waals surface area contributed by atoms with Crippen molar-refractivity contribution in [1.29, 1.82) is 0 Å². The van der Waals surface area contributed by atoms with Crippen LogP contribution in [0.5, 0.6) is 0 Å². The summed E-state index contributed by atoms with van der Waals surface area (Å²) >= 11 is 1.72. The van der Waals surface area contributed by atoms with Crippen molar-refractivity contribution >= 4 is 39.1 Å². The number of hydrogen-bond acceptors (Lipinski definition) is 3. The molecule has 1 aromatic carbocycles. The standard InChI is InChI=1S/C16H16O2S/c1-4-15-14(9-13(10(2)17)11(3)18)12-7-5-6-8-16(12)19-15/h5-9H,4H2,1-3H3. The van der Waals surface area contributed by atoms with Gasteiger partial charge in [0.05, 0.1) is 5.57 Å². The third-order valence-corrected chi connectivity index (χ3v) is 4.41. The number of rotatable bonds is 4. The topological polar surface area (TPSA) is 34.1 Å². The van der Waals surface area contributed by atoms with E-state index in [9.17, 15) is 9.59 Å². The second-order valence-electron chi connectivity index (χ2n) is 4.46. The number of benzene rings is 1. The number of fused-ring (bicyclic) bond motifs is 1. The van der Waals surface area contributed by atoms with Gasteiger partial charge in [0.25, 0.3) is 0 Å². The number of carbonyl (C=O) groups excluding carboxylic acids is 2. The SMILES string of the molecule is CCc1sc2ccccc2c1C=C(C(C)=O)C(C)=O. The molecular formula is C16H16O2S. The van der Waals surface area contributed by atoms with Gasteiger partial charge in [-0.25, -0.2) is 0 Å². The van der Waals surface area contributed by atoms with Crippen LogP contribution >= 0.6 is 11.3 Å². The molecule has 98 valence electrons. The highest BCUT2D eigenvalue weighted by molar-refractivity contribution is 7.19. The Hall–Kier alpha value is -1.74. The first-order chi connectivity index (χ1) is 9.04. The molecule has 0 aliphatic carbocycles. The summed E-state index contributed by atoms with van der Waals surface area (Å²) in [5, 5.41) is 1.12. The first kappa shape index (κ1) is 13.7. The number of ketones is 2. The Balaban J connectivity index is 2.70. The van der Waals surface area contributed by atoms with Crippen LogP contribution in [0.2, 0.25) is 0 Å². The summed E-state index contributed by atoms with van der Waals surface area (Å²) < 4.78 is 1.19. The van der Waals surface area contributed by atoms with Crippen molar-refractivity contribution in [1.82, 2.24) is 0 Å². The van der Waals surface area contributed by atoms with E-state index >= 15 is 0 Å². The van der Waals surface area contributed by atoms with Gasteiger partial charge in [-0.2, -0.15) is 0 Å². The van der Waals surface area contributed by atoms with Gasteiger partial charge in [-0.15, -0.1) is 11.3 Å². The average molecular weight is 272 g/mol. The van der Waals surface area contributed by atoms with Crippen LogP contribution in [-0.4, -0.2) is 11.6 Å². The molecular weight excluding hydrogens is 256 g/mol. The first-order valence-corrected chi connectivity index (χ1v) is 7.10. The van der Waals surface area contributed by atoms with E-state index in [1.54, 1.807) is 17.4 Å². The second-order valence-corrected chi connectivity index (χ2v) is 5.60. The molecule has 0 bridgehead atoms. The molecule has 0 radical (unpaired) electrons. The molecule has 2 rings (SSSR count). The Morgan fingerprint density at radius 3 is 2.37 bits per heavy atom. The lowest BCUT2D eigenvalue weighted by atomic mass is 10.0. The van der Waals surface area contributed by atoms with E-state index in [1.165, 1.54) is 23.4 Å². The van der Waals surface area contributed by atoms with E-state index in [4.69, 9.17) is 0 Å². The van der Waals surface area contributed by atoms with E-state index < -0.39 is 0 Å². The molecule has 19 heavy (non-hydrogen) atoms. The van der Waals surface area contributed by atoms with Crippen LogP contribution in [0.15, 0.2) is 29.8 Å². The zero-order valence-corrected chi connectivity index (χ0v) is 12.1. The molecule has 3 heteroatoms. The maximum Gasteiger partial charge on any atom is 0.163 e. The van der Waals surface area contributed by atoms with Gasteiger partial charge in [0.2, 0.25) is 0 Å². The fourth-order valence-electron chi connectivity index (χ4n) is 2.13. The number of hydrogen-bond donors (Lipinski definition) is 0. The largest absolute Gasteiger partial charge is 0.294 e. The van der Waals surface area contributed by atoms with Crippen molar-refractivity contribution in [3.63, 3.8) is 0 Å². The van der Waals surface area contributed by atoms with Crippen molar-refractivity contribution in [3.8, 4) is 0 Å². The highest BCUT2D eigenvalue weighted by Gasteiger charge is 2.14. The van der Waals surface area contributed by atoms with Gasteiger partial charge in [-0.3, -0.25) is 9.59 Å². The Kier molecular flexibility index (Phi) is 3.96. The van der Waals surface area contributed by atoms with E-state index in [2.05, 4.69) is 13.0 Å². The summed E-state index contributed by atoms with van der Waals surface area (Å²) in [6, 6.07) is 8.09. The Labute approximate surface area is 116 Å². The average Bonchev–Trinajstić information content (AvgIpc) is 2.72. The third kappa shape index (κ3) is 2.66. The number of aryl methyl sites for hydroxylation is 1. The predicted molar refractivity (Wildman–Crippen MR) is 80.5 cm³/mol. The molecule has 0 atom stereocenters. The van der Waals surface area contributed by atoms with Gasteiger partial charge in [0, 0.05) is 9.58 Å². The molecule has 0 aliphatic heterocycles. The van der Waals surface area contributed by atoms with Crippen molar-refractivity contribution in [2.75, 3.05) is 0 Å². The summed E-state index contributed by atoms with van der Waals surface area (Å²) in [5.41, 5.74) is 1.29. The lowest BCUT2D eigenvalue weighted by Crippen LogP contribution is -2.05. The van der Waals surface area contributed by atoms with Crippen molar-refractivity contribution in [2.24, 2.45) is 0 Å². The third-order valence-electron chi connectivity index (χ3n) is 3.08. The zero-order valence-electron chi connectivity index (χ0n) is 11.3. The molecule has 0 spiro atoms. The van der Waals surface area contributed by atoms with Crippen LogP contribution in [0.4, 0.5) is 0 Å². The van der Waals surface area contributed by atoms with Gasteiger partial charge in [-0.05, 0) is 43.4 Å². The number of allylic oxidation sites excluding steroid dienone is 1. The quantitative estimate of drug-likeness (QED) is 0.478. The van der Waals surface area contributed by atoms with Gasteiger partial charge < -0.3 is 0 Å². The van der Waals surface area contributed by atoms with Crippen LogP contribution in [0.3, 0.4) is 0 Å². The lowest BCUT2D eigenvalue weighted by Gasteiger charge is -2.01. The maximum absolute atomic E-state index is 11.6. The molecule has 2 aromatic rings. The highest BCUT2D eigenvalue weighted by atomic mass is 32.1. The van der Waals surface area contributed by atoms with Crippen LogP contribution in [0, 0.1) is 0 Å². The monoisotopic (exact) mass is 272 g/mol. The minimum Gasteiger partial charge on any atom is -0.294 e. The number of thiophene rings is 1. The molecule has 0 saturated carbocycles. The molecule has 1 heterocycles.